The summed E-state index contributed by atoms with van der Waals surface area (Å²) in [7, 11) is 0. The Hall–Kier alpha value is -2.73. The van der Waals surface area contributed by atoms with E-state index in [4.69, 9.17) is 9.84 Å². The van der Waals surface area contributed by atoms with Crippen LogP contribution in [-0.2, 0) is 11.3 Å². The molecule has 1 amide bonds. The lowest BCUT2D eigenvalue weighted by atomic mass is 10.1. The van der Waals surface area contributed by atoms with Gasteiger partial charge in [0.2, 0.25) is 0 Å². The van der Waals surface area contributed by atoms with E-state index in [1.807, 2.05) is 12.1 Å². The molecule has 6 heteroatoms. The van der Waals surface area contributed by atoms with Crippen LogP contribution in [0.25, 0.3) is 0 Å². The Morgan fingerprint density at radius 2 is 1.96 bits per heavy atom. The Morgan fingerprint density at radius 1 is 1.20 bits per heavy atom. The molecule has 130 valence electrons. The fourth-order valence-electron chi connectivity index (χ4n) is 2.93. The van der Waals surface area contributed by atoms with Crippen LogP contribution in [0.5, 0.6) is 0 Å². The standard InChI is InChI=1S/C19H20N2O4/c22-18(15-3-1-4-16(11-15)19(23)24)21(13-17-5-2-10-25-17)12-14-6-8-20-9-7-14/h1,3-4,6-9,11,17H,2,5,10,12-13H2,(H,23,24). The summed E-state index contributed by atoms with van der Waals surface area (Å²) in [4.78, 5) is 29.8. The molecule has 0 spiro atoms. The van der Waals surface area contributed by atoms with Crippen molar-refractivity contribution in [2.75, 3.05) is 13.2 Å². The number of carbonyl (C=O) groups is 2. The summed E-state index contributed by atoms with van der Waals surface area (Å²) in [6.07, 6.45) is 5.32. The maximum Gasteiger partial charge on any atom is 0.335 e. The highest BCUT2D eigenvalue weighted by atomic mass is 16.5. The molecule has 3 rings (SSSR count). The van der Waals surface area contributed by atoms with Crippen molar-refractivity contribution < 1.29 is 19.4 Å². The predicted molar refractivity (Wildman–Crippen MR) is 91.4 cm³/mol. The first-order valence-corrected chi connectivity index (χ1v) is 8.26. The van der Waals surface area contributed by atoms with E-state index < -0.39 is 5.97 Å². The summed E-state index contributed by atoms with van der Waals surface area (Å²) >= 11 is 0. The number of benzene rings is 1. The summed E-state index contributed by atoms with van der Waals surface area (Å²) in [5.74, 6) is -1.25. The first-order chi connectivity index (χ1) is 12.1. The third-order valence-corrected chi connectivity index (χ3v) is 4.21. The fourth-order valence-corrected chi connectivity index (χ4v) is 2.93. The first kappa shape index (κ1) is 17.1. The van der Waals surface area contributed by atoms with Crippen molar-refractivity contribution >= 4 is 11.9 Å². The van der Waals surface area contributed by atoms with Gasteiger partial charge in [0.25, 0.3) is 5.91 Å². The number of aromatic nitrogens is 1. The van der Waals surface area contributed by atoms with E-state index in [-0.39, 0.29) is 17.6 Å². The van der Waals surface area contributed by atoms with Gasteiger partial charge < -0.3 is 14.7 Å². The SMILES string of the molecule is O=C(O)c1cccc(C(=O)N(Cc2ccncc2)CC2CCCO2)c1. The van der Waals surface area contributed by atoms with Crippen LogP contribution in [0, 0.1) is 0 Å². The predicted octanol–water partition coefficient (Wildman–Crippen LogP) is 2.60. The summed E-state index contributed by atoms with van der Waals surface area (Å²) in [5.41, 5.74) is 1.44. The summed E-state index contributed by atoms with van der Waals surface area (Å²) in [6, 6.07) is 9.86. The van der Waals surface area contributed by atoms with Crippen molar-refractivity contribution in [3.05, 3.63) is 65.5 Å². The molecular formula is C19H20N2O4. The number of nitrogens with zero attached hydrogens (tertiary/aromatic N) is 2. The quantitative estimate of drug-likeness (QED) is 0.874. The van der Waals surface area contributed by atoms with E-state index in [0.717, 1.165) is 25.0 Å². The zero-order chi connectivity index (χ0) is 17.6. The van der Waals surface area contributed by atoms with E-state index in [2.05, 4.69) is 4.98 Å². The van der Waals surface area contributed by atoms with Crippen molar-refractivity contribution in [1.29, 1.82) is 0 Å². The molecule has 1 unspecified atom stereocenters. The largest absolute Gasteiger partial charge is 0.478 e. The van der Waals surface area contributed by atoms with Gasteiger partial charge in [-0.15, -0.1) is 0 Å². The zero-order valence-electron chi connectivity index (χ0n) is 13.8. The van der Waals surface area contributed by atoms with Crippen LogP contribution in [0.1, 0.15) is 39.1 Å². The Balaban J connectivity index is 1.82. The van der Waals surface area contributed by atoms with Crippen LogP contribution in [0.2, 0.25) is 0 Å². The molecular weight excluding hydrogens is 320 g/mol. The van der Waals surface area contributed by atoms with E-state index >= 15 is 0 Å². The molecule has 0 bridgehead atoms. The highest BCUT2D eigenvalue weighted by Crippen LogP contribution is 2.18. The van der Waals surface area contributed by atoms with Gasteiger partial charge in [0.05, 0.1) is 11.7 Å². The molecule has 1 aromatic heterocycles. The number of amides is 1. The lowest BCUT2D eigenvalue weighted by molar-refractivity contribution is 0.0507. The monoisotopic (exact) mass is 340 g/mol. The Labute approximate surface area is 146 Å². The molecule has 1 N–H and O–H groups in total. The molecule has 25 heavy (non-hydrogen) atoms. The third kappa shape index (κ3) is 4.42. The van der Waals surface area contributed by atoms with Gasteiger partial charge >= 0.3 is 5.97 Å². The smallest absolute Gasteiger partial charge is 0.335 e. The van der Waals surface area contributed by atoms with Crippen molar-refractivity contribution in [1.82, 2.24) is 9.88 Å². The molecule has 1 aromatic carbocycles. The number of ether oxygens (including phenoxy) is 1. The third-order valence-electron chi connectivity index (χ3n) is 4.21. The molecule has 0 saturated carbocycles. The molecule has 1 fully saturated rings. The minimum atomic E-state index is -1.05. The molecule has 0 aliphatic carbocycles. The Kier molecular flexibility index (Phi) is 5.40. The number of carboxylic acids is 1. The molecule has 0 radical (unpaired) electrons. The van der Waals surface area contributed by atoms with Crippen molar-refractivity contribution in [2.24, 2.45) is 0 Å². The Morgan fingerprint density at radius 3 is 2.64 bits per heavy atom. The van der Waals surface area contributed by atoms with E-state index in [1.54, 1.807) is 29.4 Å². The van der Waals surface area contributed by atoms with Crippen LogP contribution in [0.15, 0.2) is 48.8 Å². The zero-order valence-corrected chi connectivity index (χ0v) is 13.8. The maximum absolute atomic E-state index is 13.0. The van der Waals surface area contributed by atoms with Crippen molar-refractivity contribution in [2.45, 2.75) is 25.5 Å². The van der Waals surface area contributed by atoms with Gasteiger partial charge in [-0.25, -0.2) is 4.79 Å². The number of aromatic carboxylic acids is 1. The second-order valence-electron chi connectivity index (χ2n) is 6.06. The van der Waals surface area contributed by atoms with Gasteiger partial charge in [-0.3, -0.25) is 9.78 Å². The average molecular weight is 340 g/mol. The van der Waals surface area contributed by atoms with Gasteiger partial charge in [0, 0.05) is 37.7 Å². The fraction of sp³-hybridized carbons (Fsp3) is 0.316. The number of hydrogen-bond acceptors (Lipinski definition) is 4. The maximum atomic E-state index is 13.0. The topological polar surface area (TPSA) is 79.7 Å². The summed E-state index contributed by atoms with van der Waals surface area (Å²) < 4.78 is 5.67. The highest BCUT2D eigenvalue weighted by Gasteiger charge is 2.24. The number of carboxylic acid groups (broad SMARTS) is 1. The van der Waals surface area contributed by atoms with Crippen LogP contribution in [0.4, 0.5) is 0 Å². The molecule has 1 aliphatic heterocycles. The number of carbonyl (C=O) groups excluding carboxylic acids is 1. The highest BCUT2D eigenvalue weighted by molar-refractivity contribution is 5.97. The summed E-state index contributed by atoms with van der Waals surface area (Å²) in [6.45, 7) is 1.63. The van der Waals surface area contributed by atoms with Gasteiger partial charge in [-0.1, -0.05) is 6.07 Å². The minimum Gasteiger partial charge on any atom is -0.478 e. The number of hydrogen-bond donors (Lipinski definition) is 1. The van der Waals surface area contributed by atoms with E-state index in [9.17, 15) is 9.59 Å². The molecule has 6 nitrogen and oxygen atoms in total. The molecule has 1 saturated heterocycles. The van der Waals surface area contributed by atoms with Gasteiger partial charge in [0.15, 0.2) is 0 Å². The average Bonchev–Trinajstić information content (AvgIpc) is 3.14. The molecule has 1 aliphatic rings. The van der Waals surface area contributed by atoms with Crippen LogP contribution in [-0.4, -0.2) is 46.1 Å². The van der Waals surface area contributed by atoms with Crippen molar-refractivity contribution in [3.63, 3.8) is 0 Å². The lowest BCUT2D eigenvalue weighted by Gasteiger charge is -2.26. The molecule has 2 aromatic rings. The normalized spacial score (nSPS) is 16.6. The second-order valence-corrected chi connectivity index (χ2v) is 6.06. The van der Waals surface area contributed by atoms with E-state index in [1.165, 1.54) is 12.1 Å². The van der Waals surface area contributed by atoms with Gasteiger partial charge in [0.1, 0.15) is 0 Å². The van der Waals surface area contributed by atoms with Crippen LogP contribution in [0.3, 0.4) is 0 Å². The number of pyridine rings is 1. The lowest BCUT2D eigenvalue weighted by Crippen LogP contribution is -2.37. The van der Waals surface area contributed by atoms with Crippen molar-refractivity contribution in [3.8, 4) is 0 Å². The minimum absolute atomic E-state index is 0.0217. The molecule has 2 heterocycles. The summed E-state index contributed by atoms with van der Waals surface area (Å²) in [5, 5.41) is 9.14. The van der Waals surface area contributed by atoms with E-state index in [0.29, 0.717) is 18.7 Å². The molecule has 1 atom stereocenters. The number of rotatable bonds is 6. The van der Waals surface area contributed by atoms with Crippen LogP contribution < -0.4 is 0 Å². The Bertz CT molecular complexity index is 742. The van der Waals surface area contributed by atoms with Gasteiger partial charge in [-0.05, 0) is 48.7 Å². The van der Waals surface area contributed by atoms with Crippen LogP contribution >= 0.6 is 0 Å². The first-order valence-electron chi connectivity index (χ1n) is 8.26. The second kappa shape index (κ2) is 7.90. The van der Waals surface area contributed by atoms with Gasteiger partial charge in [-0.2, -0.15) is 0 Å².